The number of fused-ring (bicyclic) bond motifs is 2. The van der Waals surface area contributed by atoms with Crippen LogP contribution in [0.5, 0.6) is 0 Å². The number of rotatable bonds is 2. The molecule has 0 bridgehead atoms. The molecule has 1 atom stereocenters. The first kappa shape index (κ1) is 18.4. The Labute approximate surface area is 168 Å². The van der Waals surface area contributed by atoms with Crippen molar-refractivity contribution in [3.63, 3.8) is 0 Å². The fraction of sp³-hybridized carbons (Fsp3) is 0.600. The summed E-state index contributed by atoms with van der Waals surface area (Å²) in [5.41, 5.74) is -0.315. The topological polar surface area (TPSA) is 93.7 Å². The molecule has 5 rings (SSSR count). The van der Waals surface area contributed by atoms with E-state index in [9.17, 15) is 9.59 Å². The molecular formula is C20H25N5O4. The average Bonchev–Trinajstić information content (AvgIpc) is 3.49. The molecule has 2 fully saturated rings. The smallest absolute Gasteiger partial charge is 0.276 e. The fourth-order valence-electron chi connectivity index (χ4n) is 4.71. The van der Waals surface area contributed by atoms with E-state index >= 15 is 0 Å². The Balaban J connectivity index is 1.34. The second kappa shape index (κ2) is 6.98. The first-order chi connectivity index (χ1) is 14.1. The van der Waals surface area contributed by atoms with Gasteiger partial charge in [-0.3, -0.25) is 9.59 Å². The minimum absolute atomic E-state index is 0.0674. The number of aryl methyl sites for hydroxylation is 1. The predicted molar refractivity (Wildman–Crippen MR) is 101 cm³/mol. The third kappa shape index (κ3) is 3.13. The monoisotopic (exact) mass is 399 g/mol. The number of hydrogen-bond acceptors (Lipinski definition) is 6. The Morgan fingerprint density at radius 2 is 1.90 bits per heavy atom. The molecule has 0 aliphatic carbocycles. The molecule has 0 radical (unpaired) electrons. The van der Waals surface area contributed by atoms with Crippen LogP contribution < -0.4 is 0 Å². The number of piperidine rings is 1. The highest BCUT2D eigenvalue weighted by atomic mass is 16.5. The van der Waals surface area contributed by atoms with Crippen LogP contribution in [0.4, 0.5) is 0 Å². The van der Waals surface area contributed by atoms with Crippen LogP contribution >= 0.6 is 0 Å². The lowest BCUT2D eigenvalue weighted by molar-refractivity contribution is -0.179. The van der Waals surface area contributed by atoms with Crippen LogP contribution in [-0.4, -0.2) is 68.6 Å². The maximum absolute atomic E-state index is 13.0. The first-order valence-corrected chi connectivity index (χ1v) is 10.3. The summed E-state index contributed by atoms with van der Waals surface area (Å²) in [6.45, 7) is 4.91. The van der Waals surface area contributed by atoms with Gasteiger partial charge in [0.15, 0.2) is 11.8 Å². The van der Waals surface area contributed by atoms with Gasteiger partial charge in [-0.25, -0.2) is 4.98 Å². The van der Waals surface area contributed by atoms with Crippen LogP contribution in [0.3, 0.4) is 0 Å². The van der Waals surface area contributed by atoms with E-state index in [1.54, 1.807) is 24.1 Å². The van der Waals surface area contributed by atoms with Crippen molar-refractivity contribution in [3.8, 4) is 0 Å². The Kier molecular flexibility index (Phi) is 4.42. The van der Waals surface area contributed by atoms with Crippen molar-refractivity contribution in [2.75, 3.05) is 26.2 Å². The zero-order chi connectivity index (χ0) is 20.0. The van der Waals surface area contributed by atoms with Crippen molar-refractivity contribution in [2.45, 2.75) is 50.9 Å². The lowest BCUT2D eigenvalue weighted by atomic mass is 9.88. The lowest BCUT2D eigenvalue weighted by Crippen LogP contribution is -2.55. The molecule has 0 N–H and O–H groups in total. The van der Waals surface area contributed by atoms with Crippen molar-refractivity contribution >= 4 is 11.8 Å². The number of amides is 2. The second-order valence-electron chi connectivity index (χ2n) is 8.15. The number of aromatic nitrogens is 3. The number of hydrogen-bond donors (Lipinski definition) is 0. The quantitative estimate of drug-likeness (QED) is 0.756. The van der Waals surface area contributed by atoms with Gasteiger partial charge >= 0.3 is 0 Å². The molecule has 2 aromatic heterocycles. The van der Waals surface area contributed by atoms with Gasteiger partial charge in [0, 0.05) is 57.5 Å². The molecule has 2 saturated heterocycles. The summed E-state index contributed by atoms with van der Waals surface area (Å²) in [7, 11) is 0. The van der Waals surface area contributed by atoms with Gasteiger partial charge in [-0.2, -0.15) is 0 Å². The summed E-state index contributed by atoms with van der Waals surface area (Å²) in [5.74, 6) is 1.40. The zero-order valence-corrected chi connectivity index (χ0v) is 16.5. The first-order valence-electron chi connectivity index (χ1n) is 10.3. The van der Waals surface area contributed by atoms with Gasteiger partial charge in [0.25, 0.3) is 11.8 Å². The van der Waals surface area contributed by atoms with Crippen molar-refractivity contribution in [1.82, 2.24) is 24.5 Å². The highest BCUT2D eigenvalue weighted by Gasteiger charge is 2.48. The number of nitrogens with zero attached hydrogens (tertiary/aromatic N) is 5. The SMILES string of the molecule is Cc1cc(C(=O)N2CCC3(CC2)OC(C(=O)N2CCCC2)Cn2ccnc23)no1. The van der Waals surface area contributed by atoms with Crippen LogP contribution in [0.1, 0.15) is 47.8 Å². The van der Waals surface area contributed by atoms with Gasteiger partial charge in [-0.1, -0.05) is 5.16 Å². The third-order valence-corrected chi connectivity index (χ3v) is 6.25. The maximum atomic E-state index is 13.0. The minimum atomic E-state index is -0.641. The van der Waals surface area contributed by atoms with Crippen molar-refractivity contribution in [2.24, 2.45) is 0 Å². The molecular weight excluding hydrogens is 374 g/mol. The molecule has 3 aliphatic heterocycles. The van der Waals surface area contributed by atoms with Gasteiger partial charge < -0.3 is 23.6 Å². The zero-order valence-electron chi connectivity index (χ0n) is 16.5. The minimum Gasteiger partial charge on any atom is -0.361 e. The van der Waals surface area contributed by atoms with E-state index in [0.717, 1.165) is 31.8 Å². The lowest BCUT2D eigenvalue weighted by Gasteiger charge is -2.45. The molecule has 9 heteroatoms. The number of likely N-dealkylation sites (tertiary alicyclic amines) is 2. The van der Waals surface area contributed by atoms with Crippen LogP contribution in [0.25, 0.3) is 0 Å². The van der Waals surface area contributed by atoms with Crippen molar-refractivity contribution in [1.29, 1.82) is 0 Å². The molecule has 1 spiro atoms. The van der Waals surface area contributed by atoms with E-state index in [4.69, 9.17) is 9.26 Å². The number of ether oxygens (including phenoxy) is 1. The molecule has 9 nitrogen and oxygen atoms in total. The van der Waals surface area contributed by atoms with Gasteiger partial charge in [-0.05, 0) is 19.8 Å². The second-order valence-corrected chi connectivity index (χ2v) is 8.15. The van der Waals surface area contributed by atoms with E-state index in [0.29, 0.717) is 43.9 Å². The molecule has 154 valence electrons. The number of imidazole rings is 1. The molecule has 0 aromatic carbocycles. The van der Waals surface area contributed by atoms with E-state index in [2.05, 4.69) is 10.1 Å². The summed E-state index contributed by atoms with van der Waals surface area (Å²) in [6.07, 6.45) is 6.47. The van der Waals surface area contributed by atoms with E-state index < -0.39 is 11.7 Å². The Hall–Kier alpha value is -2.68. The summed E-state index contributed by atoms with van der Waals surface area (Å²) < 4.78 is 13.5. The third-order valence-electron chi connectivity index (χ3n) is 6.25. The van der Waals surface area contributed by atoms with Crippen LogP contribution in [0.2, 0.25) is 0 Å². The maximum Gasteiger partial charge on any atom is 0.276 e. The molecule has 2 aromatic rings. The van der Waals surface area contributed by atoms with Crippen LogP contribution in [0.15, 0.2) is 23.0 Å². The Morgan fingerprint density at radius 1 is 1.14 bits per heavy atom. The van der Waals surface area contributed by atoms with Gasteiger partial charge in [0.2, 0.25) is 0 Å². The Morgan fingerprint density at radius 3 is 2.59 bits per heavy atom. The average molecular weight is 399 g/mol. The highest BCUT2D eigenvalue weighted by molar-refractivity contribution is 5.92. The van der Waals surface area contributed by atoms with E-state index in [-0.39, 0.29) is 11.8 Å². The molecule has 0 saturated carbocycles. The fourth-order valence-corrected chi connectivity index (χ4v) is 4.71. The number of carbonyl (C=O) groups is 2. The summed E-state index contributed by atoms with van der Waals surface area (Å²) >= 11 is 0. The molecule has 1 unspecified atom stereocenters. The van der Waals surface area contributed by atoms with Crippen LogP contribution in [0, 0.1) is 6.92 Å². The van der Waals surface area contributed by atoms with Gasteiger partial charge in [-0.15, -0.1) is 0 Å². The predicted octanol–water partition coefficient (Wildman–Crippen LogP) is 1.33. The number of carbonyl (C=O) groups excluding carboxylic acids is 2. The summed E-state index contributed by atoms with van der Waals surface area (Å²) in [6, 6.07) is 1.65. The summed E-state index contributed by atoms with van der Waals surface area (Å²) in [5, 5.41) is 3.84. The molecule has 3 aliphatic rings. The molecule has 29 heavy (non-hydrogen) atoms. The normalized spacial score (nSPS) is 23.4. The highest BCUT2D eigenvalue weighted by Crippen LogP contribution is 2.40. The van der Waals surface area contributed by atoms with Gasteiger partial charge in [0.05, 0.1) is 6.54 Å². The van der Waals surface area contributed by atoms with Crippen LogP contribution in [-0.2, 0) is 21.7 Å². The standard InChI is InChI=1S/C20H25N5O4/c1-14-12-15(22-29-14)17(26)24-9-4-20(5-10-24)19-21-6-11-25(19)13-16(28-20)18(27)23-7-2-3-8-23/h6,11-12,16H,2-5,7-10,13H2,1H3. The van der Waals surface area contributed by atoms with Crippen molar-refractivity contribution in [3.05, 3.63) is 35.7 Å². The molecule has 5 heterocycles. The van der Waals surface area contributed by atoms with Gasteiger partial charge in [0.1, 0.15) is 17.2 Å². The van der Waals surface area contributed by atoms with E-state index in [1.807, 2.05) is 15.7 Å². The van der Waals surface area contributed by atoms with Crippen molar-refractivity contribution < 1.29 is 18.8 Å². The summed E-state index contributed by atoms with van der Waals surface area (Å²) in [4.78, 5) is 33.9. The molecule has 2 amide bonds. The Bertz CT molecular complexity index is 921. The van der Waals surface area contributed by atoms with E-state index in [1.165, 1.54) is 0 Å². The largest absolute Gasteiger partial charge is 0.361 e.